The minimum absolute atomic E-state index is 0.118. The van der Waals surface area contributed by atoms with Crippen molar-refractivity contribution in [3.05, 3.63) is 35.1 Å². The van der Waals surface area contributed by atoms with E-state index < -0.39 is 0 Å². The molecule has 0 spiro atoms. The van der Waals surface area contributed by atoms with Crippen molar-refractivity contribution in [2.45, 2.75) is 57.1 Å². The molecule has 1 aromatic carbocycles. The first-order chi connectivity index (χ1) is 9.75. The Morgan fingerprint density at radius 1 is 1.24 bits per heavy atom. The number of halogens is 1. The van der Waals surface area contributed by atoms with Gasteiger partial charge in [0.15, 0.2) is 0 Å². The Bertz CT molecular complexity index is 607. The summed E-state index contributed by atoms with van der Waals surface area (Å²) < 4.78 is 26.1. The molecular formula is C16H19BFNO2. The first-order valence-electron chi connectivity index (χ1n) is 7.30. The van der Waals surface area contributed by atoms with Crippen molar-refractivity contribution >= 4 is 7.12 Å². The zero-order chi connectivity index (χ0) is 15.4. The van der Waals surface area contributed by atoms with Crippen LogP contribution in [0.2, 0.25) is 5.82 Å². The standard InChI is InChI=1S/C16H19BFNO2/c1-15(2)16(3,4)21-17(20-15)13-8-12(13)11-6-5-10(9-19)7-14(11)18/h5-7,12-13H,8H2,1-4H3. The van der Waals surface area contributed by atoms with Crippen LogP contribution in [0.25, 0.3) is 0 Å². The van der Waals surface area contributed by atoms with E-state index in [1.807, 2.05) is 33.8 Å². The SMILES string of the molecule is CC1(C)OB(C2CC2c2ccc(C#N)cc2F)OC1(C)C. The molecule has 1 saturated heterocycles. The van der Waals surface area contributed by atoms with Gasteiger partial charge in [0.05, 0.1) is 22.8 Å². The molecule has 110 valence electrons. The highest BCUT2D eigenvalue weighted by molar-refractivity contribution is 6.49. The van der Waals surface area contributed by atoms with E-state index in [2.05, 4.69) is 0 Å². The molecule has 3 nitrogen and oxygen atoms in total. The van der Waals surface area contributed by atoms with Gasteiger partial charge in [0.25, 0.3) is 0 Å². The minimum Gasteiger partial charge on any atom is -0.403 e. The Morgan fingerprint density at radius 2 is 1.86 bits per heavy atom. The summed E-state index contributed by atoms with van der Waals surface area (Å²) in [7, 11) is -0.282. The second-order valence-electron chi connectivity index (χ2n) is 6.98. The fraction of sp³-hybridized carbons (Fsp3) is 0.562. The summed E-state index contributed by atoms with van der Waals surface area (Å²) >= 11 is 0. The van der Waals surface area contributed by atoms with Crippen molar-refractivity contribution in [1.82, 2.24) is 0 Å². The van der Waals surface area contributed by atoms with Gasteiger partial charge in [-0.3, -0.25) is 0 Å². The van der Waals surface area contributed by atoms with E-state index in [0.717, 1.165) is 6.42 Å². The fourth-order valence-corrected chi connectivity index (χ4v) is 2.83. The second kappa shape index (κ2) is 4.56. The van der Waals surface area contributed by atoms with Crippen molar-refractivity contribution in [3.8, 4) is 6.07 Å². The first-order valence-corrected chi connectivity index (χ1v) is 7.30. The Morgan fingerprint density at radius 3 is 2.38 bits per heavy atom. The molecule has 1 saturated carbocycles. The topological polar surface area (TPSA) is 42.2 Å². The van der Waals surface area contributed by atoms with E-state index in [-0.39, 0.29) is 35.9 Å². The fourth-order valence-electron chi connectivity index (χ4n) is 2.83. The van der Waals surface area contributed by atoms with Gasteiger partial charge in [-0.25, -0.2) is 4.39 Å². The monoisotopic (exact) mass is 287 g/mol. The quantitative estimate of drug-likeness (QED) is 0.780. The van der Waals surface area contributed by atoms with Crippen LogP contribution in [0, 0.1) is 17.1 Å². The number of rotatable bonds is 2. The molecule has 0 amide bonds. The van der Waals surface area contributed by atoms with Crippen molar-refractivity contribution in [3.63, 3.8) is 0 Å². The van der Waals surface area contributed by atoms with Crippen LogP contribution < -0.4 is 0 Å². The van der Waals surface area contributed by atoms with Gasteiger partial charge in [0, 0.05) is 5.82 Å². The predicted molar refractivity (Wildman–Crippen MR) is 78.3 cm³/mol. The lowest BCUT2D eigenvalue weighted by molar-refractivity contribution is 0.00578. The van der Waals surface area contributed by atoms with Crippen LogP contribution in [0.5, 0.6) is 0 Å². The molecule has 1 heterocycles. The van der Waals surface area contributed by atoms with Crippen LogP contribution in [0.4, 0.5) is 4.39 Å². The van der Waals surface area contributed by atoms with Gasteiger partial charge in [-0.2, -0.15) is 5.26 Å². The predicted octanol–water partition coefficient (Wildman–Crippen LogP) is 3.65. The van der Waals surface area contributed by atoms with E-state index in [0.29, 0.717) is 11.1 Å². The van der Waals surface area contributed by atoms with Gasteiger partial charge in [-0.1, -0.05) is 6.07 Å². The summed E-state index contributed by atoms with van der Waals surface area (Å²) in [6, 6.07) is 6.63. The molecule has 0 radical (unpaired) electrons. The summed E-state index contributed by atoms with van der Waals surface area (Å²) in [6.45, 7) is 8.08. The van der Waals surface area contributed by atoms with Crippen LogP contribution in [0.15, 0.2) is 18.2 Å². The third-order valence-electron chi connectivity index (χ3n) is 4.99. The Hall–Kier alpha value is -1.38. The van der Waals surface area contributed by atoms with Crippen LogP contribution in [0.1, 0.15) is 51.2 Å². The van der Waals surface area contributed by atoms with E-state index in [1.54, 1.807) is 12.1 Å². The maximum Gasteiger partial charge on any atom is 0.461 e. The largest absolute Gasteiger partial charge is 0.461 e. The maximum atomic E-state index is 14.1. The van der Waals surface area contributed by atoms with Gasteiger partial charge in [0.2, 0.25) is 0 Å². The van der Waals surface area contributed by atoms with Gasteiger partial charge in [0.1, 0.15) is 5.82 Å². The number of nitriles is 1. The molecule has 1 aliphatic carbocycles. The van der Waals surface area contributed by atoms with E-state index in [9.17, 15) is 4.39 Å². The van der Waals surface area contributed by atoms with Crippen LogP contribution in [-0.2, 0) is 9.31 Å². The van der Waals surface area contributed by atoms with Gasteiger partial charge < -0.3 is 9.31 Å². The number of benzene rings is 1. The van der Waals surface area contributed by atoms with E-state index >= 15 is 0 Å². The molecule has 21 heavy (non-hydrogen) atoms. The molecule has 0 bridgehead atoms. The zero-order valence-electron chi connectivity index (χ0n) is 12.8. The summed E-state index contributed by atoms with van der Waals surface area (Å²) in [5.74, 6) is -0.000930. The highest BCUT2D eigenvalue weighted by atomic mass is 19.1. The molecule has 2 aliphatic rings. The van der Waals surface area contributed by atoms with Crippen LogP contribution in [0.3, 0.4) is 0 Å². The Kier molecular flexibility index (Phi) is 3.16. The number of hydrogen-bond donors (Lipinski definition) is 0. The number of hydrogen-bond acceptors (Lipinski definition) is 3. The molecule has 0 N–H and O–H groups in total. The molecule has 0 aromatic heterocycles. The minimum atomic E-state index is -0.353. The van der Waals surface area contributed by atoms with E-state index in [1.165, 1.54) is 6.07 Å². The summed E-state index contributed by atoms with van der Waals surface area (Å²) in [6.07, 6.45) is 0.861. The molecule has 3 rings (SSSR count). The van der Waals surface area contributed by atoms with Gasteiger partial charge in [-0.05, 0) is 57.7 Å². The van der Waals surface area contributed by atoms with Gasteiger partial charge in [-0.15, -0.1) is 0 Å². The van der Waals surface area contributed by atoms with Crippen LogP contribution in [-0.4, -0.2) is 18.3 Å². The molecule has 1 aromatic rings. The Balaban J connectivity index is 1.75. The molecule has 5 heteroatoms. The maximum absolute atomic E-state index is 14.1. The third-order valence-corrected chi connectivity index (χ3v) is 4.99. The summed E-state index contributed by atoms with van der Waals surface area (Å²) in [4.78, 5) is 0. The van der Waals surface area contributed by atoms with Gasteiger partial charge >= 0.3 is 7.12 Å². The lowest BCUT2D eigenvalue weighted by Crippen LogP contribution is -2.41. The van der Waals surface area contributed by atoms with E-state index in [4.69, 9.17) is 14.6 Å². The smallest absolute Gasteiger partial charge is 0.403 e. The molecule has 1 aliphatic heterocycles. The zero-order valence-corrected chi connectivity index (χ0v) is 12.8. The number of nitrogens with zero attached hydrogens (tertiary/aromatic N) is 1. The average Bonchev–Trinajstić information content (AvgIpc) is 3.12. The normalized spacial score (nSPS) is 29.2. The summed E-state index contributed by atoms with van der Waals surface area (Å²) in [5, 5.41) is 8.79. The van der Waals surface area contributed by atoms with Crippen LogP contribution >= 0.6 is 0 Å². The molecule has 2 fully saturated rings. The lowest BCUT2D eigenvalue weighted by Gasteiger charge is -2.32. The highest BCUT2D eigenvalue weighted by Gasteiger charge is 2.60. The lowest BCUT2D eigenvalue weighted by atomic mass is 9.79. The molecule has 2 unspecified atom stereocenters. The third kappa shape index (κ3) is 2.37. The molecule has 2 atom stereocenters. The Labute approximate surface area is 125 Å². The van der Waals surface area contributed by atoms with Crippen molar-refractivity contribution in [1.29, 1.82) is 5.26 Å². The van der Waals surface area contributed by atoms with Crippen molar-refractivity contribution in [2.75, 3.05) is 0 Å². The average molecular weight is 287 g/mol. The second-order valence-corrected chi connectivity index (χ2v) is 6.98. The first kappa shape index (κ1) is 14.6. The highest BCUT2D eigenvalue weighted by Crippen LogP contribution is 2.58. The van der Waals surface area contributed by atoms with Crippen molar-refractivity contribution in [2.24, 2.45) is 0 Å². The summed E-state index contributed by atoms with van der Waals surface area (Å²) in [5.41, 5.74) is 0.306. The van der Waals surface area contributed by atoms with Crippen molar-refractivity contribution < 1.29 is 13.7 Å². The molecular weight excluding hydrogens is 268 g/mol.